The van der Waals surface area contributed by atoms with Gasteiger partial charge < -0.3 is 14.6 Å². The molecule has 134 valence electrons. The normalized spacial score (nSPS) is 19.9. The minimum Gasteiger partial charge on any atom is -0.391 e. The predicted molar refractivity (Wildman–Crippen MR) is 88.5 cm³/mol. The molecule has 1 saturated heterocycles. The Hall–Kier alpha value is -3.08. The zero-order chi connectivity index (χ0) is 18.3. The lowest BCUT2D eigenvalue weighted by Crippen LogP contribution is -2.30. The molecule has 3 heterocycles. The molecule has 1 aliphatic heterocycles. The predicted octanol–water partition coefficient (Wildman–Crippen LogP) is 0.935. The van der Waals surface area contributed by atoms with Crippen LogP contribution in [0.2, 0.25) is 0 Å². The van der Waals surface area contributed by atoms with Gasteiger partial charge in [-0.2, -0.15) is 0 Å². The Labute approximate surface area is 146 Å². The molecule has 0 bridgehead atoms. The molecule has 10 nitrogen and oxygen atoms in total. The number of fused-ring (bicyclic) bond motifs is 1. The number of non-ortho nitro benzene ring substituents is 1. The summed E-state index contributed by atoms with van der Waals surface area (Å²) in [5, 5.41) is 19.8. The number of aromatic nitrogens is 3. The zero-order valence-corrected chi connectivity index (χ0v) is 13.4. The first kappa shape index (κ1) is 16.4. The third-order valence-electron chi connectivity index (χ3n) is 4.11. The molecule has 0 saturated carbocycles. The van der Waals surface area contributed by atoms with Crippen LogP contribution in [0.1, 0.15) is 6.23 Å². The Morgan fingerprint density at radius 3 is 2.73 bits per heavy atom. The van der Waals surface area contributed by atoms with E-state index < -0.39 is 17.4 Å². The van der Waals surface area contributed by atoms with Crippen LogP contribution in [0.4, 0.5) is 5.69 Å². The van der Waals surface area contributed by atoms with E-state index in [1.54, 1.807) is 30.6 Å². The lowest BCUT2D eigenvalue weighted by molar-refractivity contribution is -0.384. The number of benzene rings is 1. The summed E-state index contributed by atoms with van der Waals surface area (Å²) < 4.78 is 13.4. The molecule has 10 heteroatoms. The summed E-state index contributed by atoms with van der Waals surface area (Å²) in [7, 11) is 0. The first-order valence-corrected chi connectivity index (χ1v) is 7.80. The summed E-state index contributed by atoms with van der Waals surface area (Å²) in [6.07, 6.45) is 1.74. The first-order chi connectivity index (χ1) is 12.6. The molecule has 26 heavy (non-hydrogen) atoms. The van der Waals surface area contributed by atoms with Gasteiger partial charge in [-0.25, -0.2) is 9.78 Å². The Morgan fingerprint density at radius 2 is 2.08 bits per heavy atom. The maximum atomic E-state index is 12.7. The van der Waals surface area contributed by atoms with E-state index in [1.807, 2.05) is 0 Å². The van der Waals surface area contributed by atoms with Gasteiger partial charge in [0.1, 0.15) is 5.65 Å². The van der Waals surface area contributed by atoms with Gasteiger partial charge in [0.05, 0.1) is 23.8 Å². The molecule has 4 rings (SSSR count). The third-order valence-corrected chi connectivity index (χ3v) is 4.11. The molecule has 0 radical (unpaired) electrons. The molecule has 1 aliphatic rings. The molecule has 1 fully saturated rings. The lowest BCUT2D eigenvalue weighted by atomic mass is 10.1. The van der Waals surface area contributed by atoms with Gasteiger partial charge in [-0.1, -0.05) is 0 Å². The van der Waals surface area contributed by atoms with E-state index in [1.165, 1.54) is 21.1 Å². The van der Waals surface area contributed by atoms with E-state index in [0.29, 0.717) is 16.9 Å². The van der Waals surface area contributed by atoms with Crippen LogP contribution in [-0.2, 0) is 9.47 Å². The molecule has 0 amide bonds. The first-order valence-electron chi connectivity index (χ1n) is 7.80. The summed E-state index contributed by atoms with van der Waals surface area (Å²) in [5.41, 5.74) is 1.24. The van der Waals surface area contributed by atoms with Crippen LogP contribution in [0.25, 0.3) is 16.9 Å². The number of nitro benzene ring substituents is 1. The Morgan fingerprint density at radius 1 is 1.31 bits per heavy atom. The van der Waals surface area contributed by atoms with Gasteiger partial charge in [-0.15, -0.1) is 0 Å². The van der Waals surface area contributed by atoms with Crippen molar-refractivity contribution >= 4 is 11.3 Å². The Balaban J connectivity index is 1.70. The van der Waals surface area contributed by atoms with Crippen molar-refractivity contribution in [3.05, 3.63) is 63.3 Å². The minimum absolute atomic E-state index is 0.0170. The van der Waals surface area contributed by atoms with Crippen molar-refractivity contribution in [1.82, 2.24) is 14.0 Å². The van der Waals surface area contributed by atoms with Crippen LogP contribution in [0.15, 0.2) is 47.5 Å². The number of hydrogen-bond acceptors (Lipinski definition) is 7. The summed E-state index contributed by atoms with van der Waals surface area (Å²) in [5.74, 6) is 0. The second-order valence-electron chi connectivity index (χ2n) is 5.70. The lowest BCUT2D eigenvalue weighted by Gasteiger charge is -2.12. The second-order valence-corrected chi connectivity index (χ2v) is 5.70. The van der Waals surface area contributed by atoms with Crippen molar-refractivity contribution in [3.8, 4) is 11.3 Å². The molecule has 3 aromatic rings. The number of rotatable bonds is 4. The van der Waals surface area contributed by atoms with Crippen LogP contribution in [-0.4, -0.2) is 43.5 Å². The van der Waals surface area contributed by atoms with E-state index in [4.69, 9.17) is 14.6 Å². The van der Waals surface area contributed by atoms with Crippen LogP contribution in [0.5, 0.6) is 0 Å². The Bertz CT molecular complexity index is 1030. The molecule has 1 aromatic carbocycles. The standard InChI is InChI=1S/C16H14N4O6/c21-8-15-25-9-14(26-15)18-6-5-13-17-12(7-19(13)16(18)22)10-1-3-11(4-2-10)20(23)24/h1-7,14-15,21H,8-9H2/t14-,15-/m1/s1. The largest absolute Gasteiger partial charge is 0.391 e. The molecular weight excluding hydrogens is 344 g/mol. The fourth-order valence-electron chi connectivity index (χ4n) is 2.80. The van der Waals surface area contributed by atoms with E-state index in [2.05, 4.69) is 4.98 Å². The van der Waals surface area contributed by atoms with Crippen molar-refractivity contribution in [3.63, 3.8) is 0 Å². The maximum Gasteiger partial charge on any atom is 0.336 e. The highest BCUT2D eigenvalue weighted by Crippen LogP contribution is 2.23. The summed E-state index contributed by atoms with van der Waals surface area (Å²) in [4.78, 5) is 27.4. The van der Waals surface area contributed by atoms with E-state index in [9.17, 15) is 14.9 Å². The monoisotopic (exact) mass is 358 g/mol. The highest BCUT2D eigenvalue weighted by atomic mass is 16.7. The van der Waals surface area contributed by atoms with Crippen LogP contribution in [0.3, 0.4) is 0 Å². The van der Waals surface area contributed by atoms with Gasteiger partial charge in [0.25, 0.3) is 5.69 Å². The van der Waals surface area contributed by atoms with Crippen molar-refractivity contribution in [1.29, 1.82) is 0 Å². The summed E-state index contributed by atoms with van der Waals surface area (Å²) in [6, 6.07) is 7.59. The quantitative estimate of drug-likeness (QED) is 0.544. The van der Waals surface area contributed by atoms with E-state index >= 15 is 0 Å². The average molecular weight is 358 g/mol. The number of nitro groups is 1. The molecule has 0 aliphatic carbocycles. The van der Waals surface area contributed by atoms with Gasteiger partial charge >= 0.3 is 5.69 Å². The SMILES string of the molecule is O=c1n([C@H]2CO[C@@H](CO)O2)ccc2nc(-c3ccc([N+](=O)[O-])cc3)cn12. The summed E-state index contributed by atoms with van der Waals surface area (Å²) in [6.45, 7) is -0.136. The van der Waals surface area contributed by atoms with Gasteiger partial charge in [0.15, 0.2) is 12.5 Å². The smallest absolute Gasteiger partial charge is 0.336 e. The maximum absolute atomic E-state index is 12.7. The molecular formula is C16H14N4O6. The van der Waals surface area contributed by atoms with Crippen LogP contribution >= 0.6 is 0 Å². The molecule has 1 N–H and O–H groups in total. The van der Waals surface area contributed by atoms with Gasteiger partial charge in [0.2, 0.25) is 0 Å². The highest BCUT2D eigenvalue weighted by Gasteiger charge is 2.27. The fraction of sp³-hybridized carbons (Fsp3) is 0.250. The summed E-state index contributed by atoms with van der Waals surface area (Å²) >= 11 is 0. The number of aliphatic hydroxyl groups is 1. The minimum atomic E-state index is -0.749. The van der Waals surface area contributed by atoms with Crippen molar-refractivity contribution < 1.29 is 19.5 Å². The van der Waals surface area contributed by atoms with Gasteiger partial charge in [-0.3, -0.25) is 19.1 Å². The molecule has 2 aromatic heterocycles. The molecule has 0 unspecified atom stereocenters. The van der Waals surface area contributed by atoms with Crippen LogP contribution in [0, 0.1) is 10.1 Å². The van der Waals surface area contributed by atoms with Crippen molar-refractivity contribution in [2.45, 2.75) is 12.5 Å². The van der Waals surface area contributed by atoms with Crippen molar-refractivity contribution in [2.24, 2.45) is 0 Å². The number of aliphatic hydroxyl groups excluding tert-OH is 1. The number of imidazole rings is 1. The van der Waals surface area contributed by atoms with Crippen LogP contribution < -0.4 is 5.69 Å². The van der Waals surface area contributed by atoms with E-state index in [0.717, 1.165) is 0 Å². The fourth-order valence-corrected chi connectivity index (χ4v) is 2.80. The number of hydrogen-bond donors (Lipinski definition) is 1. The second kappa shape index (κ2) is 6.33. The van der Waals surface area contributed by atoms with E-state index in [-0.39, 0.29) is 24.6 Å². The van der Waals surface area contributed by atoms with Gasteiger partial charge in [-0.05, 0) is 18.2 Å². The topological polar surface area (TPSA) is 121 Å². The Kier molecular flexibility index (Phi) is 3.99. The third kappa shape index (κ3) is 2.75. The molecule has 2 atom stereocenters. The molecule has 0 spiro atoms. The average Bonchev–Trinajstić information content (AvgIpc) is 3.29. The zero-order valence-electron chi connectivity index (χ0n) is 13.4. The number of nitrogens with zero attached hydrogens (tertiary/aromatic N) is 4. The highest BCUT2D eigenvalue weighted by molar-refractivity contribution is 5.63. The number of ether oxygens (including phenoxy) is 2. The van der Waals surface area contributed by atoms with Gasteiger partial charge in [0, 0.05) is 30.1 Å². The van der Waals surface area contributed by atoms with Crippen molar-refractivity contribution in [2.75, 3.05) is 13.2 Å².